The number of rotatable bonds is 11. The highest BCUT2D eigenvalue weighted by Gasteiger charge is 2.43. The summed E-state index contributed by atoms with van der Waals surface area (Å²) in [7, 11) is 0. The highest BCUT2D eigenvalue weighted by Crippen LogP contribution is 2.43. The van der Waals surface area contributed by atoms with Crippen LogP contribution in [0.3, 0.4) is 0 Å². The van der Waals surface area contributed by atoms with Crippen LogP contribution in [-0.4, -0.2) is 30.9 Å². The maximum atomic E-state index is 12.7. The zero-order valence-corrected chi connectivity index (χ0v) is 16.4. The Morgan fingerprint density at radius 2 is 1.54 bits per heavy atom. The third-order valence-electron chi connectivity index (χ3n) is 4.94. The number of carbonyl (C=O) groups is 3. The monoisotopic (exact) mass is 342 g/mol. The average molecular weight is 342 g/mol. The van der Waals surface area contributed by atoms with E-state index in [4.69, 9.17) is 9.47 Å². The van der Waals surface area contributed by atoms with Crippen molar-refractivity contribution in [3.63, 3.8) is 0 Å². The molecule has 24 heavy (non-hydrogen) atoms. The molecule has 0 aliphatic carbocycles. The quantitative estimate of drug-likeness (QED) is 0.323. The molecule has 140 valence electrons. The summed E-state index contributed by atoms with van der Waals surface area (Å²) in [4.78, 5) is 34.8. The number of esters is 2. The van der Waals surface area contributed by atoms with Gasteiger partial charge < -0.3 is 9.47 Å². The molecule has 0 radical (unpaired) electrons. The van der Waals surface area contributed by atoms with Crippen LogP contribution < -0.4 is 0 Å². The Morgan fingerprint density at radius 1 is 1.00 bits per heavy atom. The van der Waals surface area contributed by atoms with Gasteiger partial charge in [0.2, 0.25) is 0 Å². The molecule has 0 saturated carbocycles. The number of carbonyl (C=O) groups excluding carboxylic acids is 3. The zero-order chi connectivity index (χ0) is 19.0. The van der Waals surface area contributed by atoms with E-state index in [1.54, 1.807) is 0 Å². The van der Waals surface area contributed by atoms with Gasteiger partial charge in [-0.2, -0.15) is 0 Å². The number of ether oxygens (including phenoxy) is 2. The zero-order valence-electron chi connectivity index (χ0n) is 16.4. The first-order valence-electron chi connectivity index (χ1n) is 8.80. The molecule has 0 aromatic carbocycles. The lowest BCUT2D eigenvalue weighted by Gasteiger charge is -2.39. The van der Waals surface area contributed by atoms with Crippen molar-refractivity contribution in [3.8, 4) is 0 Å². The Kier molecular flexibility index (Phi) is 9.23. The van der Waals surface area contributed by atoms with Crippen molar-refractivity contribution in [2.75, 3.05) is 13.2 Å². The number of ketones is 1. The first kappa shape index (κ1) is 22.6. The van der Waals surface area contributed by atoms with Gasteiger partial charge in [0.25, 0.3) is 0 Å². The van der Waals surface area contributed by atoms with E-state index < -0.39 is 11.4 Å². The van der Waals surface area contributed by atoms with Crippen molar-refractivity contribution in [2.24, 2.45) is 16.7 Å². The normalized spacial score (nSPS) is 15.3. The summed E-state index contributed by atoms with van der Waals surface area (Å²) >= 11 is 0. The molecule has 0 fully saturated rings. The minimum atomic E-state index is -0.588. The van der Waals surface area contributed by atoms with Crippen molar-refractivity contribution >= 4 is 17.7 Å². The fourth-order valence-electron chi connectivity index (χ4n) is 2.73. The van der Waals surface area contributed by atoms with Gasteiger partial charge in [0.1, 0.15) is 25.4 Å². The van der Waals surface area contributed by atoms with E-state index in [0.717, 1.165) is 19.3 Å². The van der Waals surface area contributed by atoms with Crippen LogP contribution >= 0.6 is 0 Å². The fraction of sp³-hybridized carbons (Fsp3) is 0.842. The molecule has 0 aromatic rings. The molecular weight excluding hydrogens is 308 g/mol. The van der Waals surface area contributed by atoms with Crippen LogP contribution in [0.5, 0.6) is 0 Å². The van der Waals surface area contributed by atoms with E-state index in [0.29, 0.717) is 0 Å². The molecule has 0 heterocycles. The van der Waals surface area contributed by atoms with Crippen molar-refractivity contribution in [3.05, 3.63) is 0 Å². The summed E-state index contributed by atoms with van der Waals surface area (Å²) in [6.45, 7) is 13.9. The van der Waals surface area contributed by atoms with Crippen molar-refractivity contribution in [1.29, 1.82) is 0 Å². The summed E-state index contributed by atoms with van der Waals surface area (Å²) < 4.78 is 10.3. The smallest absolute Gasteiger partial charge is 0.313 e. The molecule has 0 aliphatic heterocycles. The minimum Gasteiger partial charge on any atom is -0.462 e. The summed E-state index contributed by atoms with van der Waals surface area (Å²) in [5, 5.41) is 0. The van der Waals surface area contributed by atoms with Crippen LogP contribution in [-0.2, 0) is 23.9 Å². The molecule has 0 aromatic heterocycles. The van der Waals surface area contributed by atoms with Crippen LogP contribution in [0.15, 0.2) is 0 Å². The van der Waals surface area contributed by atoms with Gasteiger partial charge in [-0.1, -0.05) is 47.5 Å². The van der Waals surface area contributed by atoms with Gasteiger partial charge in [0.05, 0.1) is 5.41 Å². The third-order valence-corrected chi connectivity index (χ3v) is 4.94. The van der Waals surface area contributed by atoms with E-state index in [-0.39, 0.29) is 42.7 Å². The second-order valence-corrected chi connectivity index (χ2v) is 7.66. The maximum Gasteiger partial charge on any atom is 0.313 e. The SMILES string of the molecule is CCC(C)C(C)(CC(C)(C)CC)C(=O)OCCOC(=O)CC(C)=O. The first-order valence-corrected chi connectivity index (χ1v) is 8.80. The third kappa shape index (κ3) is 7.45. The summed E-state index contributed by atoms with van der Waals surface area (Å²) in [5.74, 6) is -0.893. The van der Waals surface area contributed by atoms with Crippen LogP contribution in [0.1, 0.15) is 74.1 Å². The van der Waals surface area contributed by atoms with Crippen LogP contribution in [0, 0.1) is 16.7 Å². The predicted molar refractivity (Wildman–Crippen MR) is 93.5 cm³/mol. The molecule has 2 unspecified atom stereocenters. The topological polar surface area (TPSA) is 69.7 Å². The Hall–Kier alpha value is -1.39. The van der Waals surface area contributed by atoms with E-state index in [9.17, 15) is 14.4 Å². The Balaban J connectivity index is 4.68. The molecular formula is C19H34O5. The summed E-state index contributed by atoms with van der Waals surface area (Å²) in [5.41, 5.74) is -0.525. The van der Waals surface area contributed by atoms with E-state index >= 15 is 0 Å². The molecule has 2 atom stereocenters. The van der Waals surface area contributed by atoms with Crippen LogP contribution in [0.4, 0.5) is 0 Å². The standard InChI is InChI=1S/C19H34O5/c1-8-14(3)19(7,13-18(5,6)9-2)17(22)24-11-10-23-16(21)12-15(4)20/h14H,8-13H2,1-7H3. The van der Waals surface area contributed by atoms with E-state index in [2.05, 4.69) is 34.6 Å². The van der Waals surface area contributed by atoms with Gasteiger partial charge in [0.15, 0.2) is 0 Å². The van der Waals surface area contributed by atoms with Gasteiger partial charge >= 0.3 is 11.9 Å². The Bertz CT molecular complexity index is 441. The fourth-order valence-corrected chi connectivity index (χ4v) is 2.73. The molecule has 0 saturated heterocycles. The average Bonchev–Trinajstić information content (AvgIpc) is 2.49. The molecule has 0 bridgehead atoms. The van der Waals surface area contributed by atoms with E-state index in [1.165, 1.54) is 6.92 Å². The highest BCUT2D eigenvalue weighted by atomic mass is 16.6. The molecule has 0 N–H and O–H groups in total. The predicted octanol–water partition coefficient (Wildman–Crippen LogP) is 3.93. The second kappa shape index (κ2) is 9.80. The van der Waals surface area contributed by atoms with Crippen molar-refractivity contribution in [2.45, 2.75) is 74.1 Å². The lowest BCUT2D eigenvalue weighted by atomic mass is 9.66. The molecule has 5 nitrogen and oxygen atoms in total. The van der Waals surface area contributed by atoms with Gasteiger partial charge in [-0.15, -0.1) is 0 Å². The van der Waals surface area contributed by atoms with E-state index in [1.807, 2.05) is 6.92 Å². The van der Waals surface area contributed by atoms with Crippen molar-refractivity contribution in [1.82, 2.24) is 0 Å². The van der Waals surface area contributed by atoms with Crippen molar-refractivity contribution < 1.29 is 23.9 Å². The molecule has 0 rings (SSSR count). The largest absolute Gasteiger partial charge is 0.462 e. The lowest BCUT2D eigenvalue weighted by molar-refractivity contribution is -0.165. The van der Waals surface area contributed by atoms with Gasteiger partial charge in [0, 0.05) is 0 Å². The van der Waals surface area contributed by atoms with Gasteiger partial charge in [-0.25, -0.2) is 0 Å². The number of hydrogen-bond acceptors (Lipinski definition) is 5. The molecule has 5 heteroatoms. The molecule has 0 spiro atoms. The van der Waals surface area contributed by atoms with Gasteiger partial charge in [-0.05, 0) is 31.6 Å². The summed E-state index contributed by atoms with van der Waals surface area (Å²) in [6.07, 6.45) is 2.37. The minimum absolute atomic E-state index is 0.0149. The Labute approximate surface area is 146 Å². The second-order valence-electron chi connectivity index (χ2n) is 7.66. The summed E-state index contributed by atoms with van der Waals surface area (Å²) in [6, 6.07) is 0. The number of hydrogen-bond donors (Lipinski definition) is 0. The number of Topliss-reactive ketones (excluding diaryl/α,β-unsaturated/α-hetero) is 1. The van der Waals surface area contributed by atoms with Crippen LogP contribution in [0.2, 0.25) is 0 Å². The van der Waals surface area contributed by atoms with Gasteiger partial charge in [-0.3, -0.25) is 14.4 Å². The molecule has 0 aliphatic rings. The van der Waals surface area contributed by atoms with Crippen LogP contribution in [0.25, 0.3) is 0 Å². The lowest BCUT2D eigenvalue weighted by Crippen LogP contribution is -2.40. The maximum absolute atomic E-state index is 12.7. The Morgan fingerprint density at radius 3 is 2.00 bits per heavy atom. The molecule has 0 amide bonds. The highest BCUT2D eigenvalue weighted by molar-refractivity contribution is 5.94. The first-order chi connectivity index (χ1) is 11.0.